The molecule has 1 aromatic heterocycles. The van der Waals surface area contributed by atoms with Crippen molar-refractivity contribution in [1.82, 2.24) is 10.2 Å². The van der Waals surface area contributed by atoms with Gasteiger partial charge in [-0.15, -0.1) is 0 Å². The summed E-state index contributed by atoms with van der Waals surface area (Å²) in [5, 5.41) is 16.9. The molecule has 1 fully saturated rings. The van der Waals surface area contributed by atoms with Gasteiger partial charge >= 0.3 is 0 Å². The van der Waals surface area contributed by atoms with Crippen LogP contribution in [0.3, 0.4) is 0 Å². The third-order valence-corrected chi connectivity index (χ3v) is 5.57. The molecule has 0 bridgehead atoms. The number of piperidine rings is 1. The number of hydrogen-bond donors (Lipinski definition) is 2. The maximum atomic E-state index is 12.3. The van der Waals surface area contributed by atoms with Crippen molar-refractivity contribution in [3.05, 3.63) is 58.3 Å². The number of hydrogen-bond acceptors (Lipinski definition) is 4. The van der Waals surface area contributed by atoms with Crippen LogP contribution in [-0.4, -0.2) is 41.5 Å². The van der Waals surface area contributed by atoms with Gasteiger partial charge in [-0.25, -0.2) is 0 Å². The molecule has 0 spiro atoms. The number of carbonyl (C=O) groups excluding carboxylic acids is 2. The quantitative estimate of drug-likeness (QED) is 0.819. The molecule has 2 amide bonds. The molecule has 2 heterocycles. The molecule has 138 valence electrons. The first kappa shape index (κ1) is 18.6. The highest BCUT2D eigenvalue weighted by Gasteiger charge is 2.28. The third-order valence-electron chi connectivity index (χ3n) is 4.89. The lowest BCUT2D eigenvalue weighted by molar-refractivity contribution is -0.133. The molecule has 2 N–H and O–H groups in total. The number of likely N-dealkylation sites (tertiary alicyclic amines) is 1. The summed E-state index contributed by atoms with van der Waals surface area (Å²) in [5.41, 5.74) is 1.58. The summed E-state index contributed by atoms with van der Waals surface area (Å²) >= 11 is 1.47. The van der Waals surface area contributed by atoms with Gasteiger partial charge < -0.3 is 15.3 Å². The van der Waals surface area contributed by atoms with Gasteiger partial charge in [0.25, 0.3) is 5.91 Å². The molecule has 26 heavy (non-hydrogen) atoms. The molecule has 2 aromatic rings. The summed E-state index contributed by atoms with van der Waals surface area (Å²) in [7, 11) is 0. The molecular weight excluding hydrogens is 348 g/mol. The number of nitrogens with zero attached hydrogens (tertiary/aromatic N) is 1. The van der Waals surface area contributed by atoms with E-state index in [1.165, 1.54) is 11.3 Å². The van der Waals surface area contributed by atoms with Crippen molar-refractivity contribution in [3.63, 3.8) is 0 Å². The Labute approximate surface area is 157 Å². The van der Waals surface area contributed by atoms with Crippen LogP contribution in [0, 0.1) is 5.92 Å². The molecular formula is C20H24N2O3S. The van der Waals surface area contributed by atoms with Crippen LogP contribution in [0.15, 0.2) is 47.2 Å². The van der Waals surface area contributed by atoms with E-state index in [1.54, 1.807) is 11.4 Å². The Bertz CT molecular complexity index is 710. The van der Waals surface area contributed by atoms with E-state index in [0.29, 0.717) is 31.6 Å². The number of thiophene rings is 1. The Morgan fingerprint density at radius 2 is 1.92 bits per heavy atom. The average molecular weight is 372 g/mol. The van der Waals surface area contributed by atoms with Crippen molar-refractivity contribution in [2.45, 2.75) is 25.4 Å². The number of nitrogens with one attached hydrogen (secondary N) is 1. The molecule has 6 heteroatoms. The number of aliphatic hydroxyl groups is 1. The fourth-order valence-electron chi connectivity index (χ4n) is 3.32. The van der Waals surface area contributed by atoms with Crippen molar-refractivity contribution in [3.8, 4) is 0 Å². The summed E-state index contributed by atoms with van der Waals surface area (Å²) < 4.78 is 0. The summed E-state index contributed by atoms with van der Waals surface area (Å²) in [4.78, 5) is 26.0. The molecule has 1 aromatic carbocycles. The second-order valence-corrected chi connectivity index (χ2v) is 7.37. The van der Waals surface area contributed by atoms with Crippen molar-refractivity contribution >= 4 is 23.2 Å². The molecule has 1 saturated heterocycles. The van der Waals surface area contributed by atoms with Gasteiger partial charge in [-0.05, 0) is 35.8 Å². The van der Waals surface area contributed by atoms with Gasteiger partial charge in [-0.1, -0.05) is 30.3 Å². The van der Waals surface area contributed by atoms with Gasteiger partial charge in [0, 0.05) is 37.0 Å². The summed E-state index contributed by atoms with van der Waals surface area (Å²) in [5.74, 6) is 0.103. The van der Waals surface area contributed by atoms with Crippen molar-refractivity contribution in [2.24, 2.45) is 5.92 Å². The largest absolute Gasteiger partial charge is 0.388 e. The Hall–Kier alpha value is -2.18. The minimum atomic E-state index is -0.474. The third kappa shape index (κ3) is 4.71. The van der Waals surface area contributed by atoms with E-state index in [-0.39, 0.29) is 17.7 Å². The summed E-state index contributed by atoms with van der Waals surface area (Å²) in [6.07, 6.45) is 1.42. The lowest BCUT2D eigenvalue weighted by atomic mass is 9.87. The zero-order chi connectivity index (χ0) is 18.4. The first-order valence-electron chi connectivity index (χ1n) is 8.96. The van der Waals surface area contributed by atoms with E-state index in [2.05, 4.69) is 5.32 Å². The van der Waals surface area contributed by atoms with Crippen molar-refractivity contribution in [1.29, 1.82) is 0 Å². The Morgan fingerprint density at radius 1 is 1.19 bits per heavy atom. The molecule has 1 unspecified atom stereocenters. The lowest BCUT2D eigenvalue weighted by Gasteiger charge is -2.34. The molecule has 0 radical (unpaired) electrons. The molecule has 0 saturated carbocycles. The first-order chi connectivity index (χ1) is 12.6. The lowest BCUT2D eigenvalue weighted by Crippen LogP contribution is -2.41. The van der Waals surface area contributed by atoms with Crippen LogP contribution in [0.1, 0.15) is 41.3 Å². The Morgan fingerprint density at radius 3 is 2.58 bits per heavy atom. The van der Waals surface area contributed by atoms with E-state index < -0.39 is 6.10 Å². The van der Waals surface area contributed by atoms with E-state index in [1.807, 2.05) is 40.6 Å². The number of carbonyl (C=O) groups is 2. The van der Waals surface area contributed by atoms with Crippen LogP contribution < -0.4 is 5.32 Å². The number of amides is 2. The summed E-state index contributed by atoms with van der Waals surface area (Å²) in [6, 6.07) is 11.5. The standard InChI is InChI=1S/C20H24N2O3S/c23-18(6-10-21-20(25)17-9-13-26-14-17)22-11-7-16(8-12-22)19(24)15-4-2-1-3-5-15/h1-5,9,13-14,16,19,24H,6-8,10-12H2,(H,21,25). The van der Waals surface area contributed by atoms with Gasteiger partial charge in [0.15, 0.2) is 0 Å². The van der Waals surface area contributed by atoms with Crippen LogP contribution in [0.4, 0.5) is 0 Å². The molecule has 3 rings (SSSR count). The number of benzene rings is 1. The highest BCUT2D eigenvalue weighted by molar-refractivity contribution is 7.08. The maximum absolute atomic E-state index is 12.3. The smallest absolute Gasteiger partial charge is 0.252 e. The van der Waals surface area contributed by atoms with E-state index in [4.69, 9.17) is 0 Å². The highest BCUT2D eigenvalue weighted by Crippen LogP contribution is 2.30. The fraction of sp³-hybridized carbons (Fsp3) is 0.400. The molecule has 1 aliphatic rings. The SMILES string of the molecule is O=C(NCCC(=O)N1CCC(C(O)c2ccccc2)CC1)c1ccsc1. The van der Waals surface area contributed by atoms with Gasteiger partial charge in [-0.2, -0.15) is 11.3 Å². The molecule has 0 aliphatic carbocycles. The zero-order valence-electron chi connectivity index (χ0n) is 14.6. The van der Waals surface area contributed by atoms with Gasteiger partial charge in [0.05, 0.1) is 6.10 Å². The maximum Gasteiger partial charge on any atom is 0.252 e. The number of rotatable bonds is 6. The predicted molar refractivity (Wildman–Crippen MR) is 102 cm³/mol. The van der Waals surface area contributed by atoms with E-state index >= 15 is 0 Å². The van der Waals surface area contributed by atoms with Gasteiger partial charge in [0.1, 0.15) is 0 Å². The fourth-order valence-corrected chi connectivity index (χ4v) is 3.96. The van der Waals surface area contributed by atoms with Crippen molar-refractivity contribution < 1.29 is 14.7 Å². The number of aliphatic hydroxyl groups excluding tert-OH is 1. The zero-order valence-corrected chi connectivity index (χ0v) is 15.5. The van der Waals surface area contributed by atoms with Crippen LogP contribution in [0.2, 0.25) is 0 Å². The van der Waals surface area contributed by atoms with Crippen LogP contribution in [0.25, 0.3) is 0 Å². The van der Waals surface area contributed by atoms with Crippen molar-refractivity contribution in [2.75, 3.05) is 19.6 Å². The second-order valence-electron chi connectivity index (χ2n) is 6.59. The molecule has 1 atom stereocenters. The monoisotopic (exact) mass is 372 g/mol. The first-order valence-corrected chi connectivity index (χ1v) is 9.90. The predicted octanol–water partition coefficient (Wildman–Crippen LogP) is 2.84. The normalized spacial score (nSPS) is 16.3. The Kier molecular flexibility index (Phi) is 6.41. The van der Waals surface area contributed by atoms with Crippen LogP contribution in [-0.2, 0) is 4.79 Å². The molecule has 5 nitrogen and oxygen atoms in total. The second kappa shape index (κ2) is 8.96. The Balaban J connectivity index is 1.40. The minimum absolute atomic E-state index is 0.0586. The van der Waals surface area contributed by atoms with Gasteiger partial charge in [0.2, 0.25) is 5.91 Å². The summed E-state index contributed by atoms with van der Waals surface area (Å²) in [6.45, 7) is 1.66. The average Bonchev–Trinajstić information content (AvgIpc) is 3.23. The van der Waals surface area contributed by atoms with E-state index in [0.717, 1.165) is 18.4 Å². The van der Waals surface area contributed by atoms with Crippen LogP contribution >= 0.6 is 11.3 Å². The minimum Gasteiger partial charge on any atom is -0.388 e. The molecule has 1 aliphatic heterocycles. The van der Waals surface area contributed by atoms with Crippen LogP contribution in [0.5, 0.6) is 0 Å². The topological polar surface area (TPSA) is 69.6 Å². The van der Waals surface area contributed by atoms with Gasteiger partial charge in [-0.3, -0.25) is 9.59 Å². The highest BCUT2D eigenvalue weighted by atomic mass is 32.1. The van der Waals surface area contributed by atoms with E-state index in [9.17, 15) is 14.7 Å².